The number of aliphatic hydroxyl groups is 1. The average molecular weight is 1160 g/mol. The van der Waals surface area contributed by atoms with Crippen LogP contribution < -0.4 is 26.8 Å². The number of halogens is 1. The summed E-state index contributed by atoms with van der Waals surface area (Å²) in [6, 6.07) is -1.68. The standard InChI is InChI=1S/C58H78FN7O17/c1-11-58(76)36-25-42-49-34(28-66(42)51(71)35(36)29-81-54(58)74)47-38(15-14-33-32(4)37(59)26-39(63-49)46(33)47)61-44(68)30-80-53(73)48(31(2)3)64-50(70)41-13-12-18-65(41)52(72)40(27-45(69)82-56(5,6)7)62-43(67)16-19-77-21-23-79-24-22-78-20-17-60-55(75)83-57(8,9)10/h25-26,31,38,40-41,48,76H,11-24,27-30H2,1-10H3,(H,60,75)(H,61,68)(H,62,67)(H,64,70)/t38-,40-,41-,48-,58-/m0/s1. The number of hydrogen-bond acceptors (Lipinski definition) is 18. The first-order valence-electron chi connectivity index (χ1n) is 28.2. The molecule has 0 saturated carbocycles. The van der Waals surface area contributed by atoms with Gasteiger partial charge in [-0.1, -0.05) is 20.8 Å². The molecule has 1 saturated heterocycles. The Balaban J connectivity index is 0.945. The van der Waals surface area contributed by atoms with Gasteiger partial charge >= 0.3 is 24.0 Å². The highest BCUT2D eigenvalue weighted by atomic mass is 19.1. The third-order valence-electron chi connectivity index (χ3n) is 14.7. The molecule has 0 spiro atoms. The van der Waals surface area contributed by atoms with Gasteiger partial charge < -0.3 is 69.0 Å². The van der Waals surface area contributed by atoms with E-state index in [-0.39, 0.29) is 102 Å². The number of fused-ring (bicyclic) bond motifs is 5. The number of nitrogens with one attached hydrogen (secondary N) is 4. The van der Waals surface area contributed by atoms with Crippen LogP contribution >= 0.6 is 0 Å². The number of amides is 5. The van der Waals surface area contributed by atoms with Gasteiger partial charge in [0.1, 0.15) is 41.8 Å². The molecule has 83 heavy (non-hydrogen) atoms. The fraction of sp³-hybridized carbons (Fsp3) is 0.621. The number of rotatable bonds is 24. The number of nitrogens with zero attached hydrogens (tertiary/aromatic N) is 3. The number of hydrogen-bond donors (Lipinski definition) is 5. The maximum Gasteiger partial charge on any atom is 0.407 e. The smallest absolute Gasteiger partial charge is 0.407 e. The molecule has 4 aliphatic rings. The number of cyclic esters (lactones) is 1. The first-order valence-corrected chi connectivity index (χ1v) is 28.2. The van der Waals surface area contributed by atoms with Gasteiger partial charge in [-0.3, -0.25) is 28.8 Å². The van der Waals surface area contributed by atoms with Crippen molar-refractivity contribution in [2.75, 3.05) is 59.3 Å². The van der Waals surface area contributed by atoms with Crippen molar-refractivity contribution in [1.82, 2.24) is 35.7 Å². The van der Waals surface area contributed by atoms with Crippen molar-refractivity contribution >= 4 is 58.5 Å². The molecular weight excluding hydrogens is 1090 g/mol. The van der Waals surface area contributed by atoms with Crippen LogP contribution in [0.1, 0.15) is 140 Å². The van der Waals surface area contributed by atoms with Crippen LogP contribution in [0.15, 0.2) is 16.9 Å². The third kappa shape index (κ3) is 15.2. The van der Waals surface area contributed by atoms with Crippen molar-refractivity contribution in [1.29, 1.82) is 0 Å². The number of aryl methyl sites for hydroxylation is 1. The Morgan fingerprint density at radius 1 is 0.880 bits per heavy atom. The van der Waals surface area contributed by atoms with Crippen LogP contribution in [0, 0.1) is 18.7 Å². The molecule has 3 aliphatic heterocycles. The molecule has 7 rings (SSSR count). The van der Waals surface area contributed by atoms with Gasteiger partial charge in [0.25, 0.3) is 11.5 Å². The Bertz CT molecular complexity index is 3060. The van der Waals surface area contributed by atoms with Gasteiger partial charge in [-0.2, -0.15) is 0 Å². The highest BCUT2D eigenvalue weighted by Crippen LogP contribution is 2.46. The molecule has 0 bridgehead atoms. The number of esters is 3. The molecule has 5 heterocycles. The van der Waals surface area contributed by atoms with Crippen LogP contribution in [0.5, 0.6) is 0 Å². The molecular formula is C58H78FN7O17. The van der Waals surface area contributed by atoms with Gasteiger partial charge in [-0.15, -0.1) is 0 Å². The largest absolute Gasteiger partial charge is 0.460 e. The third-order valence-corrected chi connectivity index (χ3v) is 14.7. The Hall–Kier alpha value is -7.09. The number of aromatic nitrogens is 2. The van der Waals surface area contributed by atoms with Crippen molar-refractivity contribution in [3.63, 3.8) is 0 Å². The molecule has 3 aromatic rings. The summed E-state index contributed by atoms with van der Waals surface area (Å²) in [7, 11) is 0. The average Bonchev–Trinajstić information content (AvgIpc) is 1.84. The molecule has 5 atom stereocenters. The summed E-state index contributed by atoms with van der Waals surface area (Å²) >= 11 is 0. The van der Waals surface area contributed by atoms with E-state index in [9.17, 15) is 48.3 Å². The van der Waals surface area contributed by atoms with Gasteiger partial charge in [-0.25, -0.2) is 23.8 Å². The molecule has 1 aliphatic carbocycles. The molecule has 2 aromatic heterocycles. The molecule has 0 unspecified atom stereocenters. The maximum atomic E-state index is 15.5. The molecule has 454 valence electrons. The first kappa shape index (κ1) is 63.5. The SMILES string of the molecule is CC[C@@]1(O)C(=O)OCc2c1cc1n(c2=O)Cc2c-1nc1cc(F)c(C)c3c1c2[C@@H](NC(=O)COC(=O)[C@@H](NC(=O)[C@@H]1CCCN1C(=O)[C@H](CC(=O)OC(C)(C)C)NC(=O)CCOCCOCCOCCNC(=O)OC(C)(C)C)C(C)C)CC3. The second-order valence-corrected chi connectivity index (χ2v) is 23.4. The molecule has 0 radical (unpaired) electrons. The van der Waals surface area contributed by atoms with E-state index in [1.54, 1.807) is 75.3 Å². The number of alkyl carbamates (subject to hydrolysis) is 1. The minimum Gasteiger partial charge on any atom is -0.460 e. The lowest BCUT2D eigenvalue weighted by atomic mass is 9.81. The van der Waals surface area contributed by atoms with Gasteiger partial charge in [0, 0.05) is 42.1 Å². The van der Waals surface area contributed by atoms with E-state index in [2.05, 4.69) is 21.3 Å². The van der Waals surface area contributed by atoms with Crippen molar-refractivity contribution in [2.24, 2.45) is 5.92 Å². The molecule has 24 nitrogen and oxygen atoms in total. The van der Waals surface area contributed by atoms with Crippen LogP contribution in [0.4, 0.5) is 9.18 Å². The summed E-state index contributed by atoms with van der Waals surface area (Å²) in [5, 5.41) is 22.9. The summed E-state index contributed by atoms with van der Waals surface area (Å²) in [5.74, 6) is -6.34. The molecule has 25 heteroatoms. The van der Waals surface area contributed by atoms with E-state index in [0.717, 1.165) is 0 Å². The van der Waals surface area contributed by atoms with Crippen molar-refractivity contribution in [3.05, 3.63) is 61.7 Å². The van der Waals surface area contributed by atoms with Crippen LogP contribution in [-0.4, -0.2) is 156 Å². The van der Waals surface area contributed by atoms with Gasteiger partial charge in [-0.05, 0) is 109 Å². The summed E-state index contributed by atoms with van der Waals surface area (Å²) in [6.45, 7) is 17.2. The van der Waals surface area contributed by atoms with Crippen molar-refractivity contribution in [3.8, 4) is 11.4 Å². The van der Waals surface area contributed by atoms with Crippen LogP contribution in [0.2, 0.25) is 0 Å². The number of pyridine rings is 2. The Morgan fingerprint density at radius 3 is 2.22 bits per heavy atom. The van der Waals surface area contributed by atoms with Gasteiger partial charge in [0.2, 0.25) is 17.7 Å². The number of likely N-dealkylation sites (tertiary alicyclic amines) is 1. The topological polar surface area (TPSA) is 308 Å². The fourth-order valence-corrected chi connectivity index (χ4v) is 10.7. The van der Waals surface area contributed by atoms with E-state index in [1.807, 2.05) is 0 Å². The van der Waals surface area contributed by atoms with E-state index in [1.165, 1.54) is 15.5 Å². The van der Waals surface area contributed by atoms with Crippen LogP contribution in [-0.2, 0) is 91.9 Å². The minimum atomic E-state index is -2.08. The summed E-state index contributed by atoms with van der Waals surface area (Å²) in [6.07, 6.45) is -0.0906. The predicted molar refractivity (Wildman–Crippen MR) is 295 cm³/mol. The van der Waals surface area contributed by atoms with Crippen LogP contribution in [0.25, 0.3) is 22.3 Å². The minimum absolute atomic E-state index is 0.0109. The monoisotopic (exact) mass is 1160 g/mol. The van der Waals surface area contributed by atoms with Crippen LogP contribution in [0.3, 0.4) is 0 Å². The number of benzene rings is 1. The van der Waals surface area contributed by atoms with Crippen molar-refractivity contribution in [2.45, 2.75) is 168 Å². The molecule has 5 amide bonds. The quantitative estimate of drug-likeness (QED) is 0.0381. The van der Waals surface area contributed by atoms with E-state index >= 15 is 4.39 Å². The van der Waals surface area contributed by atoms with E-state index in [4.69, 9.17) is 38.1 Å². The maximum absolute atomic E-state index is 15.5. The summed E-state index contributed by atoms with van der Waals surface area (Å²) < 4.78 is 54.9. The van der Waals surface area contributed by atoms with Gasteiger partial charge in [0.05, 0.1) is 81.1 Å². The zero-order chi connectivity index (χ0) is 60.7. The summed E-state index contributed by atoms with van der Waals surface area (Å²) in [5.41, 5.74) is -0.700. The highest BCUT2D eigenvalue weighted by molar-refractivity contribution is 5.97. The van der Waals surface area contributed by atoms with Gasteiger partial charge in [0.15, 0.2) is 12.2 Å². The lowest BCUT2D eigenvalue weighted by Crippen LogP contribution is -2.56. The zero-order valence-corrected chi connectivity index (χ0v) is 49.0. The number of ether oxygens (including phenoxy) is 7. The Labute approximate surface area is 480 Å². The first-order chi connectivity index (χ1) is 39.1. The molecule has 1 fully saturated rings. The Morgan fingerprint density at radius 2 is 1.55 bits per heavy atom. The number of carbonyl (C=O) groups is 8. The van der Waals surface area contributed by atoms with Crippen molar-refractivity contribution < 1.29 is 81.0 Å². The van der Waals surface area contributed by atoms with E-state index in [0.29, 0.717) is 58.3 Å². The molecule has 5 N–H and O–H groups in total. The zero-order valence-electron chi connectivity index (χ0n) is 49.0. The molecule has 1 aromatic carbocycles. The predicted octanol–water partition coefficient (Wildman–Crippen LogP) is 3.49. The second kappa shape index (κ2) is 26.7. The lowest BCUT2D eigenvalue weighted by molar-refractivity contribution is -0.172. The number of carbonyl (C=O) groups excluding carboxylic acids is 8. The lowest BCUT2D eigenvalue weighted by Gasteiger charge is -2.31. The van der Waals surface area contributed by atoms with E-state index < -0.39 is 119 Å². The highest BCUT2D eigenvalue weighted by Gasteiger charge is 2.46. The fourth-order valence-electron chi connectivity index (χ4n) is 10.7. The second-order valence-electron chi connectivity index (χ2n) is 23.4. The normalized spacial score (nSPS) is 18.8. The summed E-state index contributed by atoms with van der Waals surface area (Å²) in [4.78, 5) is 127. The Kier molecular flexibility index (Phi) is 20.4.